The normalized spacial score (nSPS) is 22.3. The summed E-state index contributed by atoms with van der Waals surface area (Å²) in [6.07, 6.45) is 19.7. The van der Waals surface area contributed by atoms with Crippen molar-refractivity contribution < 1.29 is 48.3 Å². The number of nitrogens with zero attached hydrogens (tertiary/aromatic N) is 2. The highest BCUT2D eigenvalue weighted by atomic mass is 16.7. The summed E-state index contributed by atoms with van der Waals surface area (Å²) in [5.41, 5.74) is 2.86. The number of likely N-dealkylation sites (N-methyl/N-ethyl adjacent to an activating group) is 1. The van der Waals surface area contributed by atoms with Gasteiger partial charge in [-0.2, -0.15) is 0 Å². The van der Waals surface area contributed by atoms with Gasteiger partial charge in [-0.15, -0.1) is 6.58 Å². The molecule has 0 saturated heterocycles. The number of aliphatic hydroxyl groups excluding tert-OH is 2. The lowest BCUT2D eigenvalue weighted by atomic mass is 9.55. The van der Waals surface area contributed by atoms with E-state index < -0.39 is 35.5 Å². The van der Waals surface area contributed by atoms with Crippen molar-refractivity contribution >= 4 is 17.9 Å². The average molecular weight is 946 g/mol. The molecule has 0 radical (unpaired) electrons. The highest BCUT2D eigenvalue weighted by Crippen LogP contribution is 2.62. The van der Waals surface area contributed by atoms with E-state index in [9.17, 15) is 19.8 Å². The molecule has 6 unspecified atom stereocenters. The van der Waals surface area contributed by atoms with Crippen molar-refractivity contribution in [2.75, 3.05) is 46.6 Å². The molecule has 2 aromatic carbocycles. The number of ether oxygens (including phenoxy) is 5. The van der Waals surface area contributed by atoms with Crippen LogP contribution in [-0.4, -0.2) is 97.1 Å². The molecule has 1 aliphatic heterocycles. The fourth-order valence-corrected chi connectivity index (χ4v) is 10.1. The highest BCUT2D eigenvalue weighted by molar-refractivity contribution is 6.03. The van der Waals surface area contributed by atoms with Crippen LogP contribution in [0, 0.1) is 17.8 Å². The molecule has 1 fully saturated rings. The number of carbonyl (C=O) groups is 2. The number of hydrogen-bond donors (Lipinski definition) is 3. The number of allylic oxidation sites excluding steroid dienone is 1. The van der Waals surface area contributed by atoms with E-state index in [-0.39, 0.29) is 57.2 Å². The minimum Gasteiger partial charge on any atom is -0.459 e. The van der Waals surface area contributed by atoms with Gasteiger partial charge >= 0.3 is 12.2 Å². The number of fused-ring (bicyclic) bond motifs is 2. The van der Waals surface area contributed by atoms with Gasteiger partial charge in [0.2, 0.25) is 5.79 Å². The second-order valence-corrected chi connectivity index (χ2v) is 19.7. The van der Waals surface area contributed by atoms with Gasteiger partial charge in [0.15, 0.2) is 0 Å². The Bertz CT molecular complexity index is 1900. The minimum atomic E-state index is -1.45. The Labute approximate surface area is 407 Å². The number of amides is 2. The van der Waals surface area contributed by atoms with Crippen molar-refractivity contribution in [3.63, 3.8) is 0 Å². The van der Waals surface area contributed by atoms with Crippen LogP contribution < -0.4 is 14.8 Å². The maximum Gasteiger partial charge on any atom is 0.412 e. The summed E-state index contributed by atoms with van der Waals surface area (Å²) >= 11 is 0. The molecule has 6 atom stereocenters. The van der Waals surface area contributed by atoms with Crippen LogP contribution in [0.25, 0.3) is 0 Å². The van der Waals surface area contributed by atoms with Crippen LogP contribution in [0.15, 0.2) is 78.0 Å². The monoisotopic (exact) mass is 946 g/mol. The van der Waals surface area contributed by atoms with Crippen LogP contribution in [0.2, 0.25) is 0 Å². The molecule has 68 heavy (non-hydrogen) atoms. The van der Waals surface area contributed by atoms with Gasteiger partial charge in [0.25, 0.3) is 0 Å². The Balaban J connectivity index is 1.48. The van der Waals surface area contributed by atoms with E-state index in [2.05, 4.69) is 24.9 Å². The van der Waals surface area contributed by atoms with Crippen LogP contribution in [0.5, 0.6) is 11.5 Å². The first-order chi connectivity index (χ1) is 33.0. The van der Waals surface area contributed by atoms with Gasteiger partial charge in [0.1, 0.15) is 29.7 Å². The maximum absolute atomic E-state index is 14.2. The molecule has 0 bridgehead atoms. The zero-order valence-corrected chi connectivity index (χ0v) is 41.9. The first kappa shape index (κ1) is 54.5. The van der Waals surface area contributed by atoms with Crippen LogP contribution in [0.3, 0.4) is 0 Å². The first-order valence-electron chi connectivity index (χ1n) is 25.7. The Morgan fingerprint density at radius 1 is 0.912 bits per heavy atom. The number of aliphatic hydroxyl groups is 2. The third-order valence-corrected chi connectivity index (χ3v) is 13.4. The molecule has 0 spiro atoms. The standard InChI is InChI=1S/C55H83N3O10/c1-7-9-10-11-12-13-14-15-16-22-31-56-52(61)66-43-29-30-48-46(38-43)50-44(28-21-24-33-60)42(27-20-23-32-59)37-45-47(57-68-54(3,4)5)39-49(55(67-48,51(45)50)65-34-8-2)58(6)53(62)64-36-35-63-40-41-25-18-17-19-26-41/h8,17-19,25-26,29-30,37-38,42,44,49-51,59-60H,2,7,9-16,20-24,27-28,31-36,39-40H2,1,3-6H3,(H,56,61). The lowest BCUT2D eigenvalue weighted by molar-refractivity contribution is -0.253. The third kappa shape index (κ3) is 15.8. The highest BCUT2D eigenvalue weighted by Gasteiger charge is 2.65. The number of nitrogens with one attached hydrogen (secondary N) is 1. The molecule has 1 heterocycles. The summed E-state index contributed by atoms with van der Waals surface area (Å²) in [6.45, 7) is 13.5. The van der Waals surface area contributed by atoms with E-state index in [4.69, 9.17) is 33.7 Å². The fraction of sp³-hybridized carbons (Fsp3) is 0.655. The zero-order chi connectivity index (χ0) is 48.8. The number of unbranched alkanes of at least 4 members (excludes halogenated alkanes) is 11. The van der Waals surface area contributed by atoms with E-state index in [1.807, 2.05) is 63.2 Å². The summed E-state index contributed by atoms with van der Waals surface area (Å²) in [6, 6.07) is 14.6. The predicted octanol–water partition coefficient (Wildman–Crippen LogP) is 11.4. The van der Waals surface area contributed by atoms with Crippen molar-refractivity contribution in [2.45, 2.75) is 167 Å². The second kappa shape index (κ2) is 28.3. The van der Waals surface area contributed by atoms with Gasteiger partial charge < -0.3 is 49.0 Å². The Kier molecular flexibility index (Phi) is 22.7. The van der Waals surface area contributed by atoms with Crippen molar-refractivity contribution in [3.8, 4) is 11.5 Å². The summed E-state index contributed by atoms with van der Waals surface area (Å²) in [5, 5.41) is 27.7. The minimum absolute atomic E-state index is 0.00585. The molecule has 1 saturated carbocycles. The topological polar surface area (TPSA) is 158 Å². The lowest BCUT2D eigenvalue weighted by Crippen LogP contribution is -2.69. The van der Waals surface area contributed by atoms with Crippen molar-refractivity contribution in [2.24, 2.45) is 22.9 Å². The van der Waals surface area contributed by atoms with Crippen molar-refractivity contribution in [3.05, 3.63) is 84.0 Å². The Morgan fingerprint density at radius 2 is 1.60 bits per heavy atom. The molecular weight excluding hydrogens is 863 g/mol. The van der Waals surface area contributed by atoms with Crippen molar-refractivity contribution in [1.82, 2.24) is 10.2 Å². The van der Waals surface area contributed by atoms with E-state index in [0.717, 1.165) is 61.6 Å². The van der Waals surface area contributed by atoms with Crippen LogP contribution in [-0.2, 0) is 25.7 Å². The molecule has 3 aliphatic rings. The van der Waals surface area contributed by atoms with Gasteiger partial charge in [-0.25, -0.2) is 9.59 Å². The van der Waals surface area contributed by atoms with Gasteiger partial charge in [-0.1, -0.05) is 125 Å². The maximum atomic E-state index is 14.2. The number of carbonyl (C=O) groups excluding carboxylic acids is 2. The molecule has 378 valence electrons. The van der Waals surface area contributed by atoms with E-state index in [1.165, 1.54) is 44.9 Å². The summed E-state index contributed by atoms with van der Waals surface area (Å²) in [5.74, 6) is -1.25. The van der Waals surface area contributed by atoms with E-state index in [1.54, 1.807) is 24.1 Å². The van der Waals surface area contributed by atoms with Gasteiger partial charge in [0, 0.05) is 44.7 Å². The lowest BCUT2D eigenvalue weighted by Gasteiger charge is -2.59. The Hall–Kier alpha value is -4.43. The van der Waals surface area contributed by atoms with Gasteiger partial charge in [0.05, 0.1) is 31.5 Å². The predicted molar refractivity (Wildman–Crippen MR) is 267 cm³/mol. The number of benzene rings is 2. The number of oxime groups is 1. The SMILES string of the molecule is C=CCOC12Oc3ccc(OC(=O)NCCCCCCCCCCCC)cc3C3C(CCCCO)C(CCCCO)C=C(C(=NOC(C)(C)C)CC1N(C)C(=O)OCCOCc1ccccc1)C32. The van der Waals surface area contributed by atoms with Gasteiger partial charge in [-0.05, 0) is 94.0 Å². The van der Waals surface area contributed by atoms with Gasteiger partial charge in [-0.3, -0.25) is 0 Å². The van der Waals surface area contributed by atoms with Crippen LogP contribution in [0.1, 0.15) is 154 Å². The largest absolute Gasteiger partial charge is 0.459 e. The number of hydrogen-bond acceptors (Lipinski definition) is 11. The molecule has 2 amide bonds. The molecule has 2 aliphatic carbocycles. The molecule has 13 nitrogen and oxygen atoms in total. The van der Waals surface area contributed by atoms with Crippen LogP contribution in [0.4, 0.5) is 9.59 Å². The summed E-state index contributed by atoms with van der Waals surface area (Å²) in [4.78, 5) is 35.3. The molecule has 3 N–H and O–H groups in total. The second-order valence-electron chi connectivity index (χ2n) is 19.7. The molecule has 0 aromatic heterocycles. The Morgan fingerprint density at radius 3 is 2.28 bits per heavy atom. The third-order valence-electron chi connectivity index (χ3n) is 13.4. The average Bonchev–Trinajstić information content (AvgIpc) is 3.32. The van der Waals surface area contributed by atoms with E-state index in [0.29, 0.717) is 43.2 Å². The summed E-state index contributed by atoms with van der Waals surface area (Å²) in [7, 11) is 1.70. The molecule has 13 heteroatoms. The van der Waals surface area contributed by atoms with Crippen molar-refractivity contribution in [1.29, 1.82) is 0 Å². The quantitative estimate of drug-likeness (QED) is 0.0391. The molecule has 5 rings (SSSR count). The van der Waals surface area contributed by atoms with Crippen LogP contribution >= 0.6 is 0 Å². The molecule has 2 aromatic rings. The zero-order valence-electron chi connectivity index (χ0n) is 41.9. The fourth-order valence-electron chi connectivity index (χ4n) is 10.1. The summed E-state index contributed by atoms with van der Waals surface area (Å²) < 4.78 is 31.9. The van der Waals surface area contributed by atoms with E-state index >= 15 is 0 Å². The smallest absolute Gasteiger partial charge is 0.412 e. The first-order valence-corrected chi connectivity index (χ1v) is 25.7. The number of rotatable bonds is 30. The molecular formula is C55H83N3O10.